The summed E-state index contributed by atoms with van der Waals surface area (Å²) < 4.78 is 18.1. The van der Waals surface area contributed by atoms with Crippen LogP contribution in [0.2, 0.25) is 0 Å². The third-order valence-electron chi connectivity index (χ3n) is 5.73. The fraction of sp³-hybridized carbons (Fsp3) is 0.417. The molecule has 0 radical (unpaired) electrons. The molecule has 2 aromatic carbocycles. The Morgan fingerprint density at radius 2 is 1.72 bits per heavy atom. The van der Waals surface area contributed by atoms with Crippen LogP contribution in [0.3, 0.4) is 0 Å². The fourth-order valence-corrected chi connectivity index (χ4v) is 4.11. The van der Waals surface area contributed by atoms with Gasteiger partial charge in [0.1, 0.15) is 19.3 Å². The van der Waals surface area contributed by atoms with Crippen LogP contribution in [0.25, 0.3) is 0 Å². The number of rotatable bonds is 6. The van der Waals surface area contributed by atoms with E-state index in [1.165, 1.54) is 5.56 Å². The highest BCUT2D eigenvalue weighted by Gasteiger charge is 2.37. The molecule has 154 valence electrons. The number of hydrogen-bond acceptors (Lipinski definition) is 4. The molecule has 2 aliphatic rings. The van der Waals surface area contributed by atoms with E-state index in [1.54, 1.807) is 0 Å². The van der Waals surface area contributed by atoms with E-state index in [1.807, 2.05) is 30.3 Å². The van der Waals surface area contributed by atoms with Crippen molar-refractivity contribution in [2.75, 3.05) is 32.8 Å². The number of nitrogens with zero attached hydrogens (tertiary/aromatic N) is 1. The molecular weight excluding hydrogens is 386 g/mol. The first-order chi connectivity index (χ1) is 13.8. The quantitative estimate of drug-likeness (QED) is 0.661. The first kappa shape index (κ1) is 21.5. The van der Waals surface area contributed by atoms with E-state index in [9.17, 15) is 0 Å². The van der Waals surface area contributed by atoms with Gasteiger partial charge in [0.15, 0.2) is 11.5 Å². The van der Waals surface area contributed by atoms with Gasteiger partial charge in [-0.25, -0.2) is 0 Å². The average molecular weight is 414 g/mol. The van der Waals surface area contributed by atoms with E-state index in [0.29, 0.717) is 13.2 Å². The van der Waals surface area contributed by atoms with Crippen LogP contribution in [0.15, 0.2) is 54.6 Å². The van der Waals surface area contributed by atoms with Crippen molar-refractivity contribution in [2.24, 2.45) is 0 Å². The van der Waals surface area contributed by atoms with Gasteiger partial charge in [-0.05, 0) is 30.5 Å². The molecule has 0 aliphatic carbocycles. The monoisotopic (exact) mass is 413 g/mol. The predicted molar refractivity (Wildman–Crippen MR) is 117 cm³/mol. The molecule has 0 aromatic heterocycles. The minimum Gasteiger partial charge on any atom is -0.486 e. The van der Waals surface area contributed by atoms with Gasteiger partial charge in [0, 0.05) is 26.1 Å². The number of benzene rings is 2. The lowest BCUT2D eigenvalue weighted by molar-refractivity contribution is -0.0778. The predicted octanol–water partition coefficient (Wildman–Crippen LogP) is 4.28. The summed E-state index contributed by atoms with van der Waals surface area (Å²) in [7, 11) is 0. The number of hydrogen-bond donors (Lipinski definition) is 0. The van der Waals surface area contributed by atoms with Gasteiger partial charge in [-0.15, -0.1) is 18.8 Å². The van der Waals surface area contributed by atoms with Crippen LogP contribution >= 0.6 is 12.4 Å². The molecule has 0 N–H and O–H groups in total. The van der Waals surface area contributed by atoms with Crippen molar-refractivity contribution in [3.63, 3.8) is 0 Å². The zero-order valence-electron chi connectivity index (χ0n) is 16.6. The zero-order valence-corrected chi connectivity index (χ0v) is 17.4. The van der Waals surface area contributed by atoms with Crippen LogP contribution in [0.4, 0.5) is 0 Å². The minimum absolute atomic E-state index is 0. The van der Waals surface area contributed by atoms with Crippen LogP contribution in [0.1, 0.15) is 24.8 Å². The van der Waals surface area contributed by atoms with Crippen molar-refractivity contribution < 1.29 is 14.2 Å². The number of terminal acetylenes is 1. The number of fused-ring (bicyclic) bond motifs is 1. The summed E-state index contributed by atoms with van der Waals surface area (Å²) in [6.07, 6.45) is 8.42. The molecule has 0 spiro atoms. The molecule has 1 unspecified atom stereocenters. The van der Waals surface area contributed by atoms with Crippen molar-refractivity contribution in [2.45, 2.75) is 31.0 Å². The molecule has 2 aromatic rings. The number of halogens is 1. The molecule has 5 heteroatoms. The second-order valence-electron chi connectivity index (χ2n) is 7.48. The SMILES string of the molecule is C#CCOC1(c2ccccc2)CCN(CCC2COc3ccccc3O2)CC1.Cl. The van der Waals surface area contributed by atoms with Crippen molar-refractivity contribution in [1.82, 2.24) is 4.90 Å². The molecule has 2 heterocycles. The molecule has 4 rings (SSSR count). The Bertz CT molecular complexity index is 812. The molecule has 1 atom stereocenters. The highest BCUT2D eigenvalue weighted by molar-refractivity contribution is 5.85. The Morgan fingerprint density at radius 1 is 1.03 bits per heavy atom. The summed E-state index contributed by atoms with van der Waals surface area (Å²) in [5, 5.41) is 0. The molecule has 0 saturated carbocycles. The maximum atomic E-state index is 6.18. The number of piperidine rings is 1. The smallest absolute Gasteiger partial charge is 0.161 e. The van der Waals surface area contributed by atoms with Crippen LogP contribution in [-0.2, 0) is 10.3 Å². The van der Waals surface area contributed by atoms with Gasteiger partial charge in [-0.3, -0.25) is 0 Å². The van der Waals surface area contributed by atoms with E-state index in [-0.39, 0.29) is 24.1 Å². The summed E-state index contributed by atoms with van der Waals surface area (Å²) in [6.45, 7) is 3.94. The summed E-state index contributed by atoms with van der Waals surface area (Å²) >= 11 is 0. The molecule has 4 nitrogen and oxygen atoms in total. The Kier molecular flexibility index (Phi) is 7.44. The Morgan fingerprint density at radius 3 is 2.45 bits per heavy atom. The van der Waals surface area contributed by atoms with Gasteiger partial charge in [-0.1, -0.05) is 48.4 Å². The fourth-order valence-electron chi connectivity index (χ4n) is 4.11. The van der Waals surface area contributed by atoms with E-state index in [4.69, 9.17) is 20.6 Å². The molecule has 2 aliphatic heterocycles. The highest BCUT2D eigenvalue weighted by Crippen LogP contribution is 2.37. The van der Waals surface area contributed by atoms with E-state index >= 15 is 0 Å². The molecule has 1 fully saturated rings. The largest absolute Gasteiger partial charge is 0.486 e. The van der Waals surface area contributed by atoms with Crippen LogP contribution < -0.4 is 9.47 Å². The third kappa shape index (κ3) is 5.05. The average Bonchev–Trinajstić information content (AvgIpc) is 2.77. The lowest BCUT2D eigenvalue weighted by Gasteiger charge is -2.42. The lowest BCUT2D eigenvalue weighted by atomic mass is 9.84. The molecule has 1 saturated heterocycles. The van der Waals surface area contributed by atoms with Crippen molar-refractivity contribution in [3.8, 4) is 23.8 Å². The standard InChI is InChI=1S/C24H27NO3.ClH/c1-2-18-27-24(20-8-4-3-5-9-20)13-16-25(17-14-24)15-12-21-19-26-22-10-6-7-11-23(22)28-21;/h1,3-11,21H,12-19H2;1H. The van der Waals surface area contributed by atoms with Crippen molar-refractivity contribution >= 4 is 12.4 Å². The zero-order chi connectivity index (χ0) is 19.2. The lowest BCUT2D eigenvalue weighted by Crippen LogP contribution is -2.45. The molecular formula is C24H28ClNO3. The number of likely N-dealkylation sites (tertiary alicyclic amines) is 1. The molecule has 0 amide bonds. The number of para-hydroxylation sites is 2. The minimum atomic E-state index is -0.270. The third-order valence-corrected chi connectivity index (χ3v) is 5.73. The first-order valence-electron chi connectivity index (χ1n) is 10.0. The maximum absolute atomic E-state index is 6.18. The van der Waals surface area contributed by atoms with Crippen molar-refractivity contribution in [1.29, 1.82) is 0 Å². The summed E-state index contributed by atoms with van der Waals surface area (Å²) in [4.78, 5) is 2.49. The summed E-state index contributed by atoms with van der Waals surface area (Å²) in [6, 6.07) is 18.4. The van der Waals surface area contributed by atoms with Gasteiger partial charge in [0.25, 0.3) is 0 Å². The van der Waals surface area contributed by atoms with Crippen molar-refractivity contribution in [3.05, 3.63) is 60.2 Å². The molecule has 29 heavy (non-hydrogen) atoms. The van der Waals surface area contributed by atoms with Crippen LogP contribution in [0.5, 0.6) is 11.5 Å². The van der Waals surface area contributed by atoms with E-state index in [0.717, 1.165) is 50.4 Å². The second-order valence-corrected chi connectivity index (χ2v) is 7.48. The summed E-state index contributed by atoms with van der Waals surface area (Å²) in [5.41, 5.74) is 0.957. The Hall–Kier alpha value is -2.19. The maximum Gasteiger partial charge on any atom is 0.161 e. The first-order valence-corrected chi connectivity index (χ1v) is 10.0. The normalized spacial score (nSPS) is 20.3. The topological polar surface area (TPSA) is 30.9 Å². The van der Waals surface area contributed by atoms with Gasteiger partial charge in [0.2, 0.25) is 0 Å². The Labute approximate surface area is 179 Å². The van der Waals surface area contributed by atoms with Crippen LogP contribution in [-0.4, -0.2) is 43.9 Å². The molecule has 0 bridgehead atoms. The summed E-state index contributed by atoms with van der Waals surface area (Å²) in [5.74, 6) is 4.32. The number of ether oxygens (including phenoxy) is 3. The Balaban J connectivity index is 0.00000240. The van der Waals surface area contributed by atoms with Gasteiger partial charge in [0.05, 0.1) is 5.60 Å². The van der Waals surface area contributed by atoms with E-state index in [2.05, 4.69) is 35.1 Å². The van der Waals surface area contributed by atoms with Crippen LogP contribution in [0, 0.1) is 12.3 Å². The van der Waals surface area contributed by atoms with Gasteiger partial charge >= 0.3 is 0 Å². The second kappa shape index (κ2) is 10.0. The van der Waals surface area contributed by atoms with Gasteiger partial charge in [-0.2, -0.15) is 0 Å². The van der Waals surface area contributed by atoms with E-state index < -0.39 is 0 Å². The highest BCUT2D eigenvalue weighted by atomic mass is 35.5. The van der Waals surface area contributed by atoms with Gasteiger partial charge < -0.3 is 19.1 Å².